The van der Waals surface area contributed by atoms with Crippen LogP contribution in [-0.4, -0.2) is 29.7 Å². The van der Waals surface area contributed by atoms with Crippen LogP contribution in [0.5, 0.6) is 0 Å². The number of aliphatic hydroxyl groups is 1. The maximum atomic E-state index is 12.0. The fourth-order valence-electron chi connectivity index (χ4n) is 7.91. The number of rotatable bonds is 2. The Morgan fingerprint density at radius 1 is 1.24 bits per heavy atom. The lowest BCUT2D eigenvalue weighted by Crippen LogP contribution is -2.53. The van der Waals surface area contributed by atoms with E-state index in [1.54, 1.807) is 0 Å². The summed E-state index contributed by atoms with van der Waals surface area (Å²) in [6, 6.07) is 0. The van der Waals surface area contributed by atoms with Gasteiger partial charge in [-0.1, -0.05) is 20.8 Å². The molecule has 1 heterocycles. The van der Waals surface area contributed by atoms with Crippen LogP contribution in [-0.2, 0) is 9.53 Å². The molecule has 1 unspecified atom stereocenters. The van der Waals surface area contributed by atoms with Crippen molar-refractivity contribution in [1.29, 1.82) is 0 Å². The highest BCUT2D eigenvalue weighted by Crippen LogP contribution is 2.70. The molecule has 9 atom stereocenters. The number of ketones is 1. The normalized spacial score (nSPS) is 54.7. The van der Waals surface area contributed by atoms with Crippen LogP contribution in [0.3, 0.4) is 0 Å². The first-order valence-electron chi connectivity index (χ1n) is 10.4. The zero-order chi connectivity index (χ0) is 17.6. The molecule has 3 nitrogen and oxygen atoms in total. The van der Waals surface area contributed by atoms with Gasteiger partial charge in [0, 0.05) is 13.0 Å². The standard InChI is InChI=1S/C22H32O3/c1-12(11-23)14-4-5-15-18-16(7-9-21(14,15)2)22(3)8-6-13(24)10-17(22)19-20(18)25-19/h10,12,14-16,18-20,23H,4-9,11H2,1-3H3/t12?,14-,15+,16+,18+,19-,20+,21-,22-/m1/s1. The molecule has 3 heteroatoms. The number of ether oxygens (including phenoxy) is 1. The Morgan fingerprint density at radius 3 is 2.80 bits per heavy atom. The summed E-state index contributed by atoms with van der Waals surface area (Å²) in [7, 11) is 0. The Morgan fingerprint density at radius 2 is 2.04 bits per heavy atom. The van der Waals surface area contributed by atoms with Crippen molar-refractivity contribution in [2.24, 2.45) is 40.4 Å². The lowest BCUT2D eigenvalue weighted by molar-refractivity contribution is -0.117. The van der Waals surface area contributed by atoms with Crippen molar-refractivity contribution in [2.75, 3.05) is 6.61 Å². The summed E-state index contributed by atoms with van der Waals surface area (Å²) in [5.41, 5.74) is 1.87. The van der Waals surface area contributed by atoms with Crippen molar-refractivity contribution in [3.63, 3.8) is 0 Å². The third-order valence-electron chi connectivity index (χ3n) is 9.28. The van der Waals surface area contributed by atoms with Gasteiger partial charge in [-0.15, -0.1) is 0 Å². The van der Waals surface area contributed by atoms with Crippen LogP contribution in [0.4, 0.5) is 0 Å². The number of epoxide rings is 1. The van der Waals surface area contributed by atoms with E-state index in [2.05, 4.69) is 20.8 Å². The van der Waals surface area contributed by atoms with E-state index in [1.165, 1.54) is 31.3 Å². The van der Waals surface area contributed by atoms with Gasteiger partial charge in [-0.2, -0.15) is 0 Å². The number of carbonyl (C=O) groups excluding carboxylic acids is 1. The summed E-state index contributed by atoms with van der Waals surface area (Å²) in [5.74, 6) is 3.43. The zero-order valence-corrected chi connectivity index (χ0v) is 15.8. The van der Waals surface area contributed by atoms with Gasteiger partial charge in [-0.25, -0.2) is 0 Å². The fraction of sp³-hybridized carbons (Fsp3) is 0.864. The maximum Gasteiger partial charge on any atom is 0.155 e. The molecule has 25 heavy (non-hydrogen) atoms. The number of aliphatic hydroxyl groups excluding tert-OH is 1. The van der Waals surface area contributed by atoms with Gasteiger partial charge in [-0.3, -0.25) is 4.79 Å². The van der Waals surface area contributed by atoms with E-state index in [1.807, 2.05) is 6.08 Å². The molecule has 0 aromatic heterocycles. The number of carbonyl (C=O) groups is 1. The average molecular weight is 344 g/mol. The average Bonchev–Trinajstić information content (AvgIpc) is 3.30. The van der Waals surface area contributed by atoms with Crippen LogP contribution >= 0.6 is 0 Å². The van der Waals surface area contributed by atoms with Gasteiger partial charge in [0.25, 0.3) is 0 Å². The quantitative estimate of drug-likeness (QED) is 0.776. The molecular weight excluding hydrogens is 312 g/mol. The number of hydrogen-bond acceptors (Lipinski definition) is 3. The Hall–Kier alpha value is -0.670. The molecule has 0 aromatic carbocycles. The van der Waals surface area contributed by atoms with E-state index in [-0.39, 0.29) is 11.5 Å². The Kier molecular flexibility index (Phi) is 3.43. The van der Waals surface area contributed by atoms with Crippen LogP contribution in [0.1, 0.15) is 59.3 Å². The highest BCUT2D eigenvalue weighted by atomic mass is 16.6. The molecule has 1 aliphatic heterocycles. The SMILES string of the molecule is CC(CO)[C@H]1CC[C@H]2[C@@H]3[C@@H]4O[C@@H]4C4=CC(=O)CC[C@]4(C)[C@H]3CC[C@]12C. The van der Waals surface area contributed by atoms with Crippen molar-refractivity contribution >= 4 is 5.78 Å². The molecule has 0 bridgehead atoms. The summed E-state index contributed by atoms with van der Waals surface area (Å²) >= 11 is 0. The number of fused-ring (bicyclic) bond motifs is 8. The molecule has 5 rings (SSSR count). The van der Waals surface area contributed by atoms with Crippen molar-refractivity contribution in [3.8, 4) is 0 Å². The monoisotopic (exact) mass is 344 g/mol. The van der Waals surface area contributed by atoms with Crippen LogP contribution in [0.25, 0.3) is 0 Å². The number of hydrogen-bond donors (Lipinski definition) is 1. The summed E-state index contributed by atoms with van der Waals surface area (Å²) in [4.78, 5) is 12.0. The predicted octanol–water partition coefficient (Wildman–Crippen LogP) is 3.75. The lowest BCUT2D eigenvalue weighted by Gasteiger charge is -2.57. The van der Waals surface area contributed by atoms with Crippen LogP contribution in [0.15, 0.2) is 11.6 Å². The molecule has 0 amide bonds. The van der Waals surface area contributed by atoms with Crippen LogP contribution < -0.4 is 0 Å². The molecule has 5 aliphatic rings. The molecule has 0 aromatic rings. The summed E-state index contributed by atoms with van der Waals surface area (Å²) in [6.07, 6.45) is 9.38. The van der Waals surface area contributed by atoms with Gasteiger partial charge >= 0.3 is 0 Å². The van der Waals surface area contributed by atoms with E-state index in [4.69, 9.17) is 4.74 Å². The second kappa shape index (κ2) is 5.19. The van der Waals surface area contributed by atoms with Gasteiger partial charge in [0.15, 0.2) is 5.78 Å². The molecular formula is C22H32O3. The van der Waals surface area contributed by atoms with E-state index < -0.39 is 0 Å². The van der Waals surface area contributed by atoms with Crippen LogP contribution in [0, 0.1) is 40.4 Å². The predicted molar refractivity (Wildman–Crippen MR) is 95.9 cm³/mol. The minimum Gasteiger partial charge on any atom is -0.396 e. The molecule has 138 valence electrons. The van der Waals surface area contributed by atoms with Crippen LogP contribution in [0.2, 0.25) is 0 Å². The second-order valence-electron chi connectivity index (χ2n) is 10.2. The van der Waals surface area contributed by atoms with Crippen molar-refractivity contribution < 1.29 is 14.6 Å². The smallest absolute Gasteiger partial charge is 0.155 e. The molecule has 4 fully saturated rings. The van der Waals surface area contributed by atoms with Crippen molar-refractivity contribution in [3.05, 3.63) is 11.6 Å². The summed E-state index contributed by atoms with van der Waals surface area (Å²) in [5, 5.41) is 9.75. The molecule has 0 spiro atoms. The van der Waals surface area contributed by atoms with E-state index in [0.29, 0.717) is 54.0 Å². The van der Waals surface area contributed by atoms with Crippen molar-refractivity contribution in [2.45, 2.75) is 71.5 Å². The Labute approximate surface area is 151 Å². The van der Waals surface area contributed by atoms with E-state index in [0.717, 1.165) is 12.3 Å². The minimum atomic E-state index is 0.179. The highest BCUT2D eigenvalue weighted by Gasteiger charge is 2.69. The molecule has 1 saturated heterocycles. The first kappa shape index (κ1) is 16.5. The third-order valence-corrected chi connectivity index (χ3v) is 9.28. The summed E-state index contributed by atoms with van der Waals surface area (Å²) < 4.78 is 6.24. The van der Waals surface area contributed by atoms with Gasteiger partial charge in [0.05, 0.1) is 6.10 Å². The Bertz CT molecular complexity index is 639. The molecule has 3 saturated carbocycles. The fourth-order valence-corrected chi connectivity index (χ4v) is 7.91. The Balaban J connectivity index is 1.51. The van der Waals surface area contributed by atoms with Gasteiger partial charge in [-0.05, 0) is 84.2 Å². The zero-order valence-electron chi connectivity index (χ0n) is 15.8. The van der Waals surface area contributed by atoms with Crippen molar-refractivity contribution in [1.82, 2.24) is 0 Å². The molecule has 1 N–H and O–H groups in total. The molecule has 4 aliphatic carbocycles. The van der Waals surface area contributed by atoms with E-state index in [9.17, 15) is 9.90 Å². The second-order valence-corrected chi connectivity index (χ2v) is 10.2. The largest absolute Gasteiger partial charge is 0.396 e. The highest BCUT2D eigenvalue weighted by molar-refractivity contribution is 5.92. The van der Waals surface area contributed by atoms with Gasteiger partial charge in [0.1, 0.15) is 6.10 Å². The minimum absolute atomic E-state index is 0.179. The molecule has 0 radical (unpaired) electrons. The van der Waals surface area contributed by atoms with E-state index >= 15 is 0 Å². The summed E-state index contributed by atoms with van der Waals surface area (Å²) in [6.45, 7) is 7.48. The first-order valence-corrected chi connectivity index (χ1v) is 10.4. The maximum absolute atomic E-state index is 12.0. The van der Waals surface area contributed by atoms with Gasteiger partial charge in [0.2, 0.25) is 0 Å². The topological polar surface area (TPSA) is 49.8 Å². The third kappa shape index (κ3) is 2.03. The first-order chi connectivity index (χ1) is 11.9. The lowest BCUT2D eigenvalue weighted by atomic mass is 9.46. The van der Waals surface area contributed by atoms with Gasteiger partial charge < -0.3 is 9.84 Å².